The first kappa shape index (κ1) is 14.1. The zero-order valence-electron chi connectivity index (χ0n) is 10.9. The Bertz CT molecular complexity index is 727. The maximum atomic E-state index is 11.9. The molecule has 8 heteroatoms. The van der Waals surface area contributed by atoms with Crippen molar-refractivity contribution in [2.75, 3.05) is 5.32 Å². The summed E-state index contributed by atoms with van der Waals surface area (Å²) in [6.45, 7) is 0. The van der Waals surface area contributed by atoms with E-state index in [0.29, 0.717) is 23.0 Å². The molecule has 1 saturated carbocycles. The van der Waals surface area contributed by atoms with Gasteiger partial charge in [0.15, 0.2) is 5.13 Å². The van der Waals surface area contributed by atoms with Crippen molar-refractivity contribution in [2.24, 2.45) is 0 Å². The number of hydrogen-bond acceptors (Lipinski definition) is 4. The van der Waals surface area contributed by atoms with E-state index in [-0.39, 0.29) is 0 Å². The van der Waals surface area contributed by atoms with Gasteiger partial charge in [0, 0.05) is 5.02 Å². The third kappa shape index (κ3) is 2.66. The minimum atomic E-state index is -1.13. The molecular formula is C13H12ClN3O3S. The zero-order chi connectivity index (χ0) is 15.0. The van der Waals surface area contributed by atoms with Crippen LogP contribution in [0.15, 0.2) is 18.2 Å². The van der Waals surface area contributed by atoms with Crippen molar-refractivity contribution in [3.05, 3.63) is 23.2 Å². The van der Waals surface area contributed by atoms with Crippen LogP contribution in [-0.2, 0) is 4.79 Å². The third-order valence-corrected chi connectivity index (χ3v) is 4.71. The number of halogens is 1. The van der Waals surface area contributed by atoms with Crippen LogP contribution in [0.25, 0.3) is 10.2 Å². The molecule has 0 atom stereocenters. The Balaban J connectivity index is 1.73. The predicted octanol–water partition coefficient (Wildman–Crippen LogP) is 3.08. The van der Waals surface area contributed by atoms with Crippen LogP contribution >= 0.6 is 22.9 Å². The van der Waals surface area contributed by atoms with Crippen LogP contribution in [0.2, 0.25) is 5.02 Å². The summed E-state index contributed by atoms with van der Waals surface area (Å²) in [5.74, 6) is -1.00. The van der Waals surface area contributed by atoms with Crippen LogP contribution in [0.1, 0.15) is 19.3 Å². The van der Waals surface area contributed by atoms with E-state index < -0.39 is 17.5 Å². The largest absolute Gasteiger partial charge is 0.480 e. The molecule has 0 radical (unpaired) electrons. The Morgan fingerprint density at radius 2 is 2.14 bits per heavy atom. The number of urea groups is 1. The van der Waals surface area contributed by atoms with Crippen molar-refractivity contribution in [2.45, 2.75) is 24.8 Å². The molecule has 0 aliphatic heterocycles. The van der Waals surface area contributed by atoms with Gasteiger partial charge in [0.25, 0.3) is 0 Å². The number of rotatable bonds is 3. The topological polar surface area (TPSA) is 91.3 Å². The van der Waals surface area contributed by atoms with Crippen molar-refractivity contribution in [3.63, 3.8) is 0 Å². The van der Waals surface area contributed by atoms with Crippen LogP contribution in [0, 0.1) is 0 Å². The lowest BCUT2D eigenvalue weighted by Crippen LogP contribution is -2.60. The van der Waals surface area contributed by atoms with Gasteiger partial charge in [-0.1, -0.05) is 22.9 Å². The molecule has 1 heterocycles. The second-order valence-electron chi connectivity index (χ2n) is 4.95. The highest BCUT2D eigenvalue weighted by atomic mass is 35.5. The molecule has 6 nitrogen and oxygen atoms in total. The van der Waals surface area contributed by atoms with E-state index in [0.717, 1.165) is 16.6 Å². The Morgan fingerprint density at radius 3 is 2.76 bits per heavy atom. The van der Waals surface area contributed by atoms with E-state index in [1.807, 2.05) is 0 Å². The molecular weight excluding hydrogens is 314 g/mol. The normalized spacial score (nSPS) is 16.2. The molecule has 1 aromatic carbocycles. The summed E-state index contributed by atoms with van der Waals surface area (Å²) >= 11 is 7.18. The number of carboxylic acids is 1. The van der Waals surface area contributed by atoms with E-state index in [9.17, 15) is 14.7 Å². The minimum absolute atomic E-state index is 0.407. The monoisotopic (exact) mass is 325 g/mol. The van der Waals surface area contributed by atoms with Crippen molar-refractivity contribution in [3.8, 4) is 0 Å². The van der Waals surface area contributed by atoms with Gasteiger partial charge in [0.2, 0.25) is 0 Å². The number of thiazole rings is 1. The summed E-state index contributed by atoms with van der Waals surface area (Å²) in [6, 6.07) is 4.70. The summed E-state index contributed by atoms with van der Waals surface area (Å²) < 4.78 is 0.856. The first-order valence-electron chi connectivity index (χ1n) is 6.37. The Labute approximate surface area is 129 Å². The highest BCUT2D eigenvalue weighted by Gasteiger charge is 2.45. The molecule has 1 aromatic heterocycles. The molecule has 3 N–H and O–H groups in total. The van der Waals surface area contributed by atoms with Gasteiger partial charge < -0.3 is 10.4 Å². The summed E-state index contributed by atoms with van der Waals surface area (Å²) in [4.78, 5) is 27.4. The van der Waals surface area contributed by atoms with Gasteiger partial charge in [0.05, 0.1) is 10.2 Å². The molecule has 21 heavy (non-hydrogen) atoms. The number of nitrogens with one attached hydrogen (secondary N) is 2. The number of aromatic nitrogens is 1. The molecule has 2 aromatic rings. The molecule has 3 rings (SSSR count). The Kier molecular flexibility index (Phi) is 3.46. The van der Waals surface area contributed by atoms with Crippen molar-refractivity contribution >= 4 is 50.3 Å². The first-order valence-corrected chi connectivity index (χ1v) is 7.57. The van der Waals surface area contributed by atoms with E-state index in [4.69, 9.17) is 11.6 Å². The van der Waals surface area contributed by atoms with Crippen molar-refractivity contribution < 1.29 is 14.7 Å². The molecule has 1 aliphatic carbocycles. The van der Waals surface area contributed by atoms with Gasteiger partial charge in [-0.05, 0) is 37.5 Å². The van der Waals surface area contributed by atoms with Gasteiger partial charge in [-0.25, -0.2) is 14.6 Å². The number of carbonyl (C=O) groups excluding carboxylic acids is 1. The molecule has 2 amide bonds. The number of benzene rings is 1. The summed E-state index contributed by atoms with van der Waals surface area (Å²) in [7, 11) is 0. The Morgan fingerprint density at radius 1 is 1.38 bits per heavy atom. The molecule has 0 bridgehead atoms. The quantitative estimate of drug-likeness (QED) is 0.808. The first-order chi connectivity index (χ1) is 9.98. The van der Waals surface area contributed by atoms with Crippen LogP contribution < -0.4 is 10.6 Å². The fourth-order valence-corrected chi connectivity index (χ4v) is 3.36. The fourth-order valence-electron chi connectivity index (χ4n) is 2.22. The van der Waals surface area contributed by atoms with Crippen LogP contribution in [0.3, 0.4) is 0 Å². The highest BCUT2D eigenvalue weighted by molar-refractivity contribution is 7.22. The lowest BCUT2D eigenvalue weighted by atomic mass is 9.77. The minimum Gasteiger partial charge on any atom is -0.480 e. The Hall–Kier alpha value is -1.86. The number of carboxylic acid groups (broad SMARTS) is 1. The fraction of sp³-hybridized carbons (Fsp3) is 0.308. The van der Waals surface area contributed by atoms with Crippen LogP contribution in [0.4, 0.5) is 9.93 Å². The maximum absolute atomic E-state index is 11.9. The van der Waals surface area contributed by atoms with Gasteiger partial charge in [-0.15, -0.1) is 0 Å². The van der Waals surface area contributed by atoms with E-state index in [1.54, 1.807) is 18.2 Å². The summed E-state index contributed by atoms with van der Waals surface area (Å²) in [6.07, 6.45) is 1.70. The second kappa shape index (κ2) is 5.16. The smallest absolute Gasteiger partial charge is 0.329 e. The van der Waals surface area contributed by atoms with Gasteiger partial charge in [0.1, 0.15) is 5.54 Å². The SMILES string of the molecule is O=C(Nc1nc2ccc(Cl)cc2s1)NC1(C(=O)O)CCC1. The number of fused-ring (bicyclic) bond motifs is 1. The standard InChI is InChI=1S/C13H12ClN3O3S/c14-7-2-3-8-9(6-7)21-12(15-8)16-11(20)17-13(10(18)19)4-1-5-13/h2-3,6H,1,4-5H2,(H,18,19)(H2,15,16,17,20). The highest BCUT2D eigenvalue weighted by Crippen LogP contribution is 2.32. The van der Waals surface area contributed by atoms with E-state index in [1.165, 1.54) is 11.3 Å². The van der Waals surface area contributed by atoms with Gasteiger partial charge in [-0.3, -0.25) is 5.32 Å². The van der Waals surface area contributed by atoms with Crippen LogP contribution in [0.5, 0.6) is 0 Å². The predicted molar refractivity (Wildman–Crippen MR) is 81.0 cm³/mol. The number of aliphatic carboxylic acids is 1. The lowest BCUT2D eigenvalue weighted by molar-refractivity contribution is -0.148. The molecule has 0 saturated heterocycles. The number of hydrogen-bond donors (Lipinski definition) is 3. The average molecular weight is 326 g/mol. The molecule has 1 fully saturated rings. The number of nitrogens with zero attached hydrogens (tertiary/aromatic N) is 1. The molecule has 1 aliphatic rings. The van der Waals surface area contributed by atoms with Crippen LogP contribution in [-0.4, -0.2) is 27.6 Å². The number of amides is 2. The van der Waals surface area contributed by atoms with Crippen molar-refractivity contribution in [1.82, 2.24) is 10.3 Å². The second-order valence-corrected chi connectivity index (χ2v) is 6.42. The summed E-state index contributed by atoms with van der Waals surface area (Å²) in [5.41, 5.74) is -0.402. The maximum Gasteiger partial charge on any atom is 0.329 e. The third-order valence-electron chi connectivity index (χ3n) is 3.54. The summed E-state index contributed by atoms with van der Waals surface area (Å²) in [5, 5.41) is 15.3. The van der Waals surface area contributed by atoms with Gasteiger partial charge in [-0.2, -0.15) is 0 Å². The molecule has 0 spiro atoms. The molecule has 0 unspecified atom stereocenters. The molecule has 110 valence electrons. The van der Waals surface area contributed by atoms with Gasteiger partial charge >= 0.3 is 12.0 Å². The number of anilines is 1. The average Bonchev–Trinajstić information content (AvgIpc) is 2.74. The number of carbonyl (C=O) groups is 2. The zero-order valence-corrected chi connectivity index (χ0v) is 12.4. The van der Waals surface area contributed by atoms with E-state index >= 15 is 0 Å². The lowest BCUT2D eigenvalue weighted by Gasteiger charge is -2.37. The van der Waals surface area contributed by atoms with Crippen molar-refractivity contribution in [1.29, 1.82) is 0 Å². The van der Waals surface area contributed by atoms with E-state index in [2.05, 4.69) is 15.6 Å².